The number of hydrogen-bond donors (Lipinski definition) is 1. The van der Waals surface area contributed by atoms with E-state index in [1.54, 1.807) is 12.1 Å². The third kappa shape index (κ3) is 3.18. The molecule has 1 aromatic carbocycles. The lowest BCUT2D eigenvalue weighted by molar-refractivity contribution is 0.620. The molecule has 0 saturated carbocycles. The Labute approximate surface area is 89.3 Å². The van der Waals surface area contributed by atoms with Gasteiger partial charge in [0, 0.05) is 11.1 Å². The SMILES string of the molecule is CCCC(C)Nc1cc(Cl)ccc1F. The van der Waals surface area contributed by atoms with Crippen LogP contribution in [0.2, 0.25) is 5.02 Å². The fourth-order valence-electron chi connectivity index (χ4n) is 1.38. The summed E-state index contributed by atoms with van der Waals surface area (Å²) in [6.07, 6.45) is 2.10. The molecule has 0 amide bonds. The molecule has 0 radical (unpaired) electrons. The van der Waals surface area contributed by atoms with Crippen molar-refractivity contribution in [1.82, 2.24) is 0 Å². The molecule has 1 nitrogen and oxygen atoms in total. The Morgan fingerprint density at radius 3 is 2.86 bits per heavy atom. The van der Waals surface area contributed by atoms with Crippen LogP contribution in [0.1, 0.15) is 26.7 Å². The number of benzene rings is 1. The number of anilines is 1. The van der Waals surface area contributed by atoms with E-state index in [2.05, 4.69) is 12.2 Å². The van der Waals surface area contributed by atoms with E-state index in [1.165, 1.54) is 6.07 Å². The molecule has 3 heteroatoms. The van der Waals surface area contributed by atoms with Gasteiger partial charge < -0.3 is 5.32 Å². The Morgan fingerprint density at radius 1 is 1.50 bits per heavy atom. The highest BCUT2D eigenvalue weighted by Crippen LogP contribution is 2.20. The molecule has 0 aliphatic rings. The summed E-state index contributed by atoms with van der Waals surface area (Å²) in [6.45, 7) is 4.14. The minimum atomic E-state index is -0.252. The molecule has 0 spiro atoms. The Bertz CT molecular complexity index is 301. The maximum absolute atomic E-state index is 13.2. The summed E-state index contributed by atoms with van der Waals surface area (Å²) < 4.78 is 13.2. The molecule has 0 aliphatic heterocycles. The molecule has 0 aliphatic carbocycles. The summed E-state index contributed by atoms with van der Waals surface area (Å²) in [7, 11) is 0. The molecule has 78 valence electrons. The van der Waals surface area contributed by atoms with Crippen molar-refractivity contribution in [2.24, 2.45) is 0 Å². The van der Waals surface area contributed by atoms with E-state index >= 15 is 0 Å². The number of rotatable bonds is 4. The van der Waals surface area contributed by atoms with Crippen molar-refractivity contribution in [3.63, 3.8) is 0 Å². The first-order valence-electron chi connectivity index (χ1n) is 4.85. The van der Waals surface area contributed by atoms with E-state index in [0.717, 1.165) is 12.8 Å². The molecule has 1 unspecified atom stereocenters. The van der Waals surface area contributed by atoms with Crippen molar-refractivity contribution in [2.45, 2.75) is 32.7 Å². The van der Waals surface area contributed by atoms with Gasteiger partial charge in [-0.25, -0.2) is 4.39 Å². The first-order chi connectivity index (χ1) is 6.63. The average Bonchev–Trinajstić information content (AvgIpc) is 2.12. The predicted molar refractivity (Wildman–Crippen MR) is 59.4 cm³/mol. The van der Waals surface area contributed by atoms with Gasteiger partial charge in [0.1, 0.15) is 5.82 Å². The molecule has 0 bridgehead atoms. The van der Waals surface area contributed by atoms with Gasteiger partial charge in [-0.15, -0.1) is 0 Å². The Morgan fingerprint density at radius 2 is 2.21 bits per heavy atom. The summed E-state index contributed by atoms with van der Waals surface area (Å²) in [5, 5.41) is 3.65. The van der Waals surface area contributed by atoms with E-state index in [9.17, 15) is 4.39 Å². The minimum Gasteiger partial charge on any atom is -0.380 e. The minimum absolute atomic E-state index is 0.252. The lowest BCUT2D eigenvalue weighted by Gasteiger charge is -2.14. The van der Waals surface area contributed by atoms with Gasteiger partial charge in [-0.05, 0) is 31.5 Å². The van der Waals surface area contributed by atoms with Gasteiger partial charge in [0.05, 0.1) is 5.69 Å². The highest BCUT2D eigenvalue weighted by molar-refractivity contribution is 6.30. The number of nitrogens with one attached hydrogen (secondary N) is 1. The number of hydrogen-bond acceptors (Lipinski definition) is 1. The summed E-state index contributed by atoms with van der Waals surface area (Å²) in [5.74, 6) is -0.252. The van der Waals surface area contributed by atoms with Crippen LogP contribution in [0.5, 0.6) is 0 Å². The second-order valence-electron chi connectivity index (χ2n) is 3.46. The van der Waals surface area contributed by atoms with Crippen molar-refractivity contribution in [2.75, 3.05) is 5.32 Å². The van der Waals surface area contributed by atoms with Crippen LogP contribution in [0, 0.1) is 5.82 Å². The second kappa shape index (κ2) is 5.20. The van der Waals surface area contributed by atoms with Gasteiger partial charge in [-0.1, -0.05) is 24.9 Å². The molecular weight excluding hydrogens is 201 g/mol. The molecule has 14 heavy (non-hydrogen) atoms. The van der Waals surface area contributed by atoms with E-state index in [1.807, 2.05) is 6.92 Å². The van der Waals surface area contributed by atoms with Crippen molar-refractivity contribution in [1.29, 1.82) is 0 Å². The van der Waals surface area contributed by atoms with Gasteiger partial charge >= 0.3 is 0 Å². The zero-order chi connectivity index (χ0) is 10.6. The lowest BCUT2D eigenvalue weighted by atomic mass is 10.2. The zero-order valence-corrected chi connectivity index (χ0v) is 9.24. The third-order valence-electron chi connectivity index (χ3n) is 2.05. The summed E-state index contributed by atoms with van der Waals surface area (Å²) in [5.41, 5.74) is 0.485. The fraction of sp³-hybridized carbons (Fsp3) is 0.455. The average molecular weight is 216 g/mol. The topological polar surface area (TPSA) is 12.0 Å². The molecule has 1 atom stereocenters. The maximum atomic E-state index is 13.2. The fourth-order valence-corrected chi connectivity index (χ4v) is 1.55. The molecular formula is C11H15ClFN. The quantitative estimate of drug-likeness (QED) is 0.798. The Kier molecular flexibility index (Phi) is 4.21. The summed E-state index contributed by atoms with van der Waals surface area (Å²) >= 11 is 5.77. The van der Waals surface area contributed by atoms with E-state index in [4.69, 9.17) is 11.6 Å². The first kappa shape index (κ1) is 11.3. The lowest BCUT2D eigenvalue weighted by Crippen LogP contribution is -2.15. The van der Waals surface area contributed by atoms with Crippen LogP contribution in [0.3, 0.4) is 0 Å². The monoisotopic (exact) mass is 215 g/mol. The van der Waals surface area contributed by atoms with Crippen molar-refractivity contribution in [3.05, 3.63) is 29.0 Å². The van der Waals surface area contributed by atoms with Crippen LogP contribution < -0.4 is 5.32 Å². The smallest absolute Gasteiger partial charge is 0.146 e. The molecule has 0 saturated heterocycles. The molecule has 0 heterocycles. The summed E-state index contributed by atoms with van der Waals surface area (Å²) in [4.78, 5) is 0. The van der Waals surface area contributed by atoms with Crippen LogP contribution in [0.25, 0.3) is 0 Å². The molecule has 1 rings (SSSR count). The van der Waals surface area contributed by atoms with Gasteiger partial charge in [0.15, 0.2) is 0 Å². The Hall–Kier alpha value is -0.760. The van der Waals surface area contributed by atoms with Gasteiger partial charge in [0.2, 0.25) is 0 Å². The highest BCUT2D eigenvalue weighted by atomic mass is 35.5. The van der Waals surface area contributed by atoms with E-state index in [-0.39, 0.29) is 11.9 Å². The van der Waals surface area contributed by atoms with Crippen molar-refractivity contribution >= 4 is 17.3 Å². The second-order valence-corrected chi connectivity index (χ2v) is 3.89. The predicted octanol–water partition coefficient (Wildman–Crippen LogP) is 4.08. The van der Waals surface area contributed by atoms with Gasteiger partial charge in [-0.2, -0.15) is 0 Å². The molecule has 1 aromatic rings. The largest absolute Gasteiger partial charge is 0.380 e. The van der Waals surface area contributed by atoms with Crippen LogP contribution in [0.4, 0.5) is 10.1 Å². The Balaban J connectivity index is 2.70. The maximum Gasteiger partial charge on any atom is 0.146 e. The number of halogens is 2. The van der Waals surface area contributed by atoms with E-state index < -0.39 is 0 Å². The standard InChI is InChI=1S/C11H15ClFN/c1-3-4-8(2)14-11-7-9(12)5-6-10(11)13/h5-8,14H,3-4H2,1-2H3. The van der Waals surface area contributed by atoms with Crippen LogP contribution in [0.15, 0.2) is 18.2 Å². The summed E-state index contributed by atoms with van der Waals surface area (Å²) in [6, 6.07) is 4.81. The van der Waals surface area contributed by atoms with Gasteiger partial charge in [0.25, 0.3) is 0 Å². The van der Waals surface area contributed by atoms with Crippen LogP contribution >= 0.6 is 11.6 Å². The van der Waals surface area contributed by atoms with Crippen LogP contribution in [-0.2, 0) is 0 Å². The third-order valence-corrected chi connectivity index (χ3v) is 2.29. The molecule has 1 N–H and O–H groups in total. The van der Waals surface area contributed by atoms with Crippen LogP contribution in [-0.4, -0.2) is 6.04 Å². The van der Waals surface area contributed by atoms with Crippen molar-refractivity contribution in [3.8, 4) is 0 Å². The zero-order valence-electron chi connectivity index (χ0n) is 8.48. The van der Waals surface area contributed by atoms with Gasteiger partial charge in [-0.3, -0.25) is 0 Å². The molecule has 0 aromatic heterocycles. The molecule has 0 fully saturated rings. The normalized spacial score (nSPS) is 12.6. The van der Waals surface area contributed by atoms with E-state index in [0.29, 0.717) is 10.7 Å². The first-order valence-corrected chi connectivity index (χ1v) is 5.23. The highest BCUT2D eigenvalue weighted by Gasteiger charge is 2.05. The van der Waals surface area contributed by atoms with Crippen molar-refractivity contribution < 1.29 is 4.39 Å².